The van der Waals surface area contributed by atoms with E-state index < -0.39 is 0 Å². The van der Waals surface area contributed by atoms with Crippen LogP contribution in [0.3, 0.4) is 0 Å². The van der Waals surface area contributed by atoms with Gasteiger partial charge in [-0.15, -0.1) is 0 Å². The van der Waals surface area contributed by atoms with E-state index >= 15 is 0 Å². The Morgan fingerprint density at radius 1 is 1.44 bits per heavy atom. The molecule has 1 aromatic heterocycles. The van der Waals surface area contributed by atoms with Crippen molar-refractivity contribution < 1.29 is 9.90 Å². The van der Waals surface area contributed by atoms with E-state index in [1.54, 1.807) is 6.07 Å². The number of nitrogens with two attached hydrogens (primary N) is 1. The minimum Gasteiger partial charge on any atom is -0.504 e. The molecule has 0 atom stereocenters. The first-order chi connectivity index (χ1) is 7.74. The van der Waals surface area contributed by atoms with E-state index in [2.05, 4.69) is 10.3 Å². The van der Waals surface area contributed by atoms with Gasteiger partial charge in [0.2, 0.25) is 5.91 Å². The smallest absolute Gasteiger partial charge is 0.225 e. The third-order valence-corrected chi connectivity index (χ3v) is 2.15. The molecule has 88 valence electrons. The van der Waals surface area contributed by atoms with Crippen LogP contribution in [0.2, 0.25) is 0 Å². The molecular weight excluding hydrogens is 206 g/mol. The molecule has 0 saturated heterocycles. The van der Waals surface area contributed by atoms with E-state index in [0.717, 1.165) is 19.3 Å². The Morgan fingerprint density at radius 3 is 2.94 bits per heavy atom. The lowest BCUT2D eigenvalue weighted by molar-refractivity contribution is -0.116. The molecular formula is C11H17N3O2. The zero-order valence-corrected chi connectivity index (χ0v) is 9.15. The van der Waals surface area contributed by atoms with Gasteiger partial charge in [-0.2, -0.15) is 0 Å². The number of carbonyl (C=O) groups is 1. The van der Waals surface area contributed by atoms with Crippen LogP contribution in [0.1, 0.15) is 25.7 Å². The molecule has 0 aromatic carbocycles. The average Bonchev–Trinajstić information content (AvgIpc) is 2.28. The lowest BCUT2D eigenvalue weighted by atomic mass is 10.2. The molecule has 0 aliphatic carbocycles. The molecule has 1 aromatic rings. The Labute approximate surface area is 94.7 Å². The molecule has 0 bridgehead atoms. The first-order valence-electron chi connectivity index (χ1n) is 5.38. The number of hydrogen-bond acceptors (Lipinski definition) is 4. The largest absolute Gasteiger partial charge is 0.504 e. The first-order valence-corrected chi connectivity index (χ1v) is 5.38. The quantitative estimate of drug-likeness (QED) is 0.633. The molecule has 0 radical (unpaired) electrons. The molecule has 1 heterocycles. The minimum absolute atomic E-state index is 0.0159. The summed E-state index contributed by atoms with van der Waals surface area (Å²) < 4.78 is 0. The van der Waals surface area contributed by atoms with Gasteiger partial charge in [-0.25, -0.2) is 4.98 Å². The monoisotopic (exact) mass is 223 g/mol. The molecule has 0 aliphatic heterocycles. The van der Waals surface area contributed by atoms with E-state index in [4.69, 9.17) is 5.73 Å². The van der Waals surface area contributed by atoms with Crippen molar-refractivity contribution >= 4 is 11.7 Å². The van der Waals surface area contributed by atoms with E-state index in [-0.39, 0.29) is 17.5 Å². The number of aromatic nitrogens is 1. The highest BCUT2D eigenvalue weighted by Gasteiger charge is 2.06. The maximum Gasteiger partial charge on any atom is 0.225 e. The highest BCUT2D eigenvalue weighted by Crippen LogP contribution is 2.18. The first kappa shape index (κ1) is 12.4. The van der Waals surface area contributed by atoms with Gasteiger partial charge in [0.25, 0.3) is 0 Å². The van der Waals surface area contributed by atoms with Crippen LogP contribution in [0.5, 0.6) is 5.75 Å². The van der Waals surface area contributed by atoms with Crippen LogP contribution < -0.4 is 11.1 Å². The number of unbranched alkanes of at least 4 members (excludes halogenated alkanes) is 2. The summed E-state index contributed by atoms with van der Waals surface area (Å²) in [5.74, 6) is 0.0650. The van der Waals surface area contributed by atoms with Crippen LogP contribution in [-0.4, -0.2) is 22.5 Å². The van der Waals surface area contributed by atoms with Crippen LogP contribution >= 0.6 is 0 Å². The third-order valence-electron chi connectivity index (χ3n) is 2.15. The van der Waals surface area contributed by atoms with E-state index in [0.29, 0.717) is 13.0 Å². The summed E-state index contributed by atoms with van der Waals surface area (Å²) in [6.07, 6.45) is 4.62. The van der Waals surface area contributed by atoms with Crippen LogP contribution in [0.25, 0.3) is 0 Å². The molecule has 5 nitrogen and oxygen atoms in total. The fraction of sp³-hybridized carbons (Fsp3) is 0.455. The standard InChI is InChI=1S/C11H17N3O2/c12-7-3-1-2-6-10(16)14-11-9(15)5-4-8-13-11/h4-5,8,15H,1-3,6-7,12H2,(H,13,14,16). The van der Waals surface area contributed by atoms with Crippen LogP contribution in [0.4, 0.5) is 5.82 Å². The van der Waals surface area contributed by atoms with Gasteiger partial charge in [0, 0.05) is 12.6 Å². The Balaban J connectivity index is 2.32. The number of hydrogen-bond donors (Lipinski definition) is 3. The van der Waals surface area contributed by atoms with Crippen molar-refractivity contribution in [1.29, 1.82) is 0 Å². The average molecular weight is 223 g/mol. The number of amides is 1. The third kappa shape index (κ3) is 4.27. The zero-order chi connectivity index (χ0) is 11.8. The van der Waals surface area contributed by atoms with Crippen LogP contribution in [0.15, 0.2) is 18.3 Å². The van der Waals surface area contributed by atoms with Crippen molar-refractivity contribution in [2.45, 2.75) is 25.7 Å². The molecule has 1 amide bonds. The maximum atomic E-state index is 11.4. The predicted molar refractivity (Wildman–Crippen MR) is 62.1 cm³/mol. The molecule has 1 rings (SSSR count). The summed E-state index contributed by atoms with van der Waals surface area (Å²) in [6.45, 7) is 0.655. The van der Waals surface area contributed by atoms with Gasteiger partial charge in [-0.05, 0) is 31.5 Å². The van der Waals surface area contributed by atoms with Gasteiger partial charge in [0.05, 0.1) is 0 Å². The van der Waals surface area contributed by atoms with Crippen molar-refractivity contribution in [2.75, 3.05) is 11.9 Å². The second kappa shape index (κ2) is 6.79. The Kier molecular flexibility index (Phi) is 5.28. The van der Waals surface area contributed by atoms with Crippen molar-refractivity contribution in [1.82, 2.24) is 4.98 Å². The highest BCUT2D eigenvalue weighted by atomic mass is 16.3. The summed E-state index contributed by atoms with van der Waals surface area (Å²) in [6, 6.07) is 3.09. The molecule has 5 heteroatoms. The fourth-order valence-corrected chi connectivity index (χ4v) is 1.29. The number of nitrogens with zero attached hydrogens (tertiary/aromatic N) is 1. The lowest BCUT2D eigenvalue weighted by Crippen LogP contribution is -2.12. The summed E-state index contributed by atoms with van der Waals surface area (Å²) >= 11 is 0. The Hall–Kier alpha value is -1.62. The maximum absolute atomic E-state index is 11.4. The number of aromatic hydroxyl groups is 1. The van der Waals surface area contributed by atoms with Gasteiger partial charge in [-0.3, -0.25) is 4.79 Å². The lowest BCUT2D eigenvalue weighted by Gasteiger charge is -2.05. The van der Waals surface area contributed by atoms with Crippen LogP contribution in [0, 0.1) is 0 Å². The SMILES string of the molecule is NCCCCCC(=O)Nc1ncccc1O. The Morgan fingerprint density at radius 2 is 2.25 bits per heavy atom. The van der Waals surface area contributed by atoms with Gasteiger partial charge >= 0.3 is 0 Å². The van der Waals surface area contributed by atoms with Crippen molar-refractivity contribution in [3.8, 4) is 5.75 Å². The number of rotatable bonds is 6. The molecule has 0 saturated carbocycles. The van der Waals surface area contributed by atoms with E-state index in [1.807, 2.05) is 0 Å². The molecule has 0 aliphatic rings. The number of pyridine rings is 1. The normalized spacial score (nSPS) is 10.1. The van der Waals surface area contributed by atoms with Crippen LogP contribution in [-0.2, 0) is 4.79 Å². The van der Waals surface area contributed by atoms with Gasteiger partial charge in [0.1, 0.15) is 0 Å². The van der Waals surface area contributed by atoms with E-state index in [9.17, 15) is 9.90 Å². The minimum atomic E-state index is -0.133. The molecule has 4 N–H and O–H groups in total. The van der Waals surface area contributed by atoms with Crippen molar-refractivity contribution in [2.24, 2.45) is 5.73 Å². The summed E-state index contributed by atoms with van der Waals surface area (Å²) in [7, 11) is 0. The molecule has 16 heavy (non-hydrogen) atoms. The van der Waals surface area contributed by atoms with Crippen molar-refractivity contribution in [3.05, 3.63) is 18.3 Å². The van der Waals surface area contributed by atoms with Gasteiger partial charge < -0.3 is 16.2 Å². The molecule has 0 unspecified atom stereocenters. The summed E-state index contributed by atoms with van der Waals surface area (Å²) in [4.78, 5) is 15.3. The van der Waals surface area contributed by atoms with Gasteiger partial charge in [-0.1, -0.05) is 6.42 Å². The topological polar surface area (TPSA) is 88.2 Å². The molecule has 0 fully saturated rings. The second-order valence-corrected chi connectivity index (χ2v) is 3.52. The predicted octanol–water partition coefficient (Wildman–Crippen LogP) is 1.24. The van der Waals surface area contributed by atoms with Gasteiger partial charge in [0.15, 0.2) is 11.6 Å². The molecule has 0 spiro atoms. The second-order valence-electron chi connectivity index (χ2n) is 3.52. The fourth-order valence-electron chi connectivity index (χ4n) is 1.29. The number of nitrogens with one attached hydrogen (secondary N) is 1. The summed E-state index contributed by atoms with van der Waals surface area (Å²) in [5, 5.41) is 11.9. The zero-order valence-electron chi connectivity index (χ0n) is 9.15. The number of anilines is 1. The Bertz CT molecular complexity index is 342. The van der Waals surface area contributed by atoms with Crippen molar-refractivity contribution in [3.63, 3.8) is 0 Å². The number of carbonyl (C=O) groups excluding carboxylic acids is 1. The highest BCUT2D eigenvalue weighted by molar-refractivity contribution is 5.90. The summed E-state index contributed by atoms with van der Waals surface area (Å²) in [5.41, 5.74) is 5.35. The van der Waals surface area contributed by atoms with E-state index in [1.165, 1.54) is 12.3 Å².